The van der Waals surface area contributed by atoms with E-state index in [1.165, 1.54) is 30.5 Å². The lowest BCUT2D eigenvalue weighted by atomic mass is 10.2. The minimum absolute atomic E-state index is 0.302. The van der Waals surface area contributed by atoms with Gasteiger partial charge in [0.25, 0.3) is 5.91 Å². The summed E-state index contributed by atoms with van der Waals surface area (Å²) in [5.74, 6) is -0.00290. The number of aryl methyl sites for hydroxylation is 2. The Hall–Kier alpha value is -3.02. The van der Waals surface area contributed by atoms with Crippen LogP contribution >= 0.6 is 0 Å². The summed E-state index contributed by atoms with van der Waals surface area (Å²) in [5.41, 5.74) is 2.82. The lowest BCUT2D eigenvalue weighted by Gasteiger charge is -2.07. The second-order valence-electron chi connectivity index (χ2n) is 5.20. The zero-order valence-electron chi connectivity index (χ0n) is 12.7. The summed E-state index contributed by atoms with van der Waals surface area (Å²) in [6.07, 6.45) is 1.49. The Kier molecular flexibility index (Phi) is 3.89. The van der Waals surface area contributed by atoms with Crippen molar-refractivity contribution in [3.63, 3.8) is 0 Å². The Morgan fingerprint density at radius 2 is 1.87 bits per heavy atom. The quantitative estimate of drug-likeness (QED) is 0.807. The zero-order valence-corrected chi connectivity index (χ0v) is 12.7. The Morgan fingerprint density at radius 1 is 1.13 bits per heavy atom. The van der Waals surface area contributed by atoms with Crippen LogP contribution in [-0.4, -0.2) is 20.7 Å². The van der Waals surface area contributed by atoms with E-state index in [-0.39, 0.29) is 11.7 Å². The molecule has 23 heavy (non-hydrogen) atoms. The molecule has 116 valence electrons. The Balaban J connectivity index is 1.77. The lowest BCUT2D eigenvalue weighted by Crippen LogP contribution is -2.13. The molecule has 3 aromatic rings. The highest BCUT2D eigenvalue weighted by Gasteiger charge is 2.09. The first-order valence-corrected chi connectivity index (χ1v) is 7.09. The van der Waals surface area contributed by atoms with E-state index in [1.807, 2.05) is 19.9 Å². The van der Waals surface area contributed by atoms with E-state index < -0.39 is 0 Å². The normalized spacial score (nSPS) is 10.6. The second kappa shape index (κ2) is 6.00. The third kappa shape index (κ3) is 3.26. The van der Waals surface area contributed by atoms with Crippen molar-refractivity contribution in [3.8, 4) is 5.82 Å². The van der Waals surface area contributed by atoms with Gasteiger partial charge >= 0.3 is 0 Å². The number of pyridine rings is 1. The number of hydrogen-bond donors (Lipinski definition) is 1. The third-order valence-corrected chi connectivity index (χ3v) is 3.34. The summed E-state index contributed by atoms with van der Waals surface area (Å²) in [4.78, 5) is 16.4. The van der Waals surface area contributed by atoms with Gasteiger partial charge in [0.15, 0.2) is 5.82 Å². The zero-order chi connectivity index (χ0) is 16.4. The van der Waals surface area contributed by atoms with E-state index in [4.69, 9.17) is 0 Å². The van der Waals surface area contributed by atoms with Crippen molar-refractivity contribution >= 4 is 11.6 Å². The maximum atomic E-state index is 12.9. The van der Waals surface area contributed by atoms with Gasteiger partial charge in [-0.05, 0) is 56.3 Å². The van der Waals surface area contributed by atoms with Crippen LogP contribution < -0.4 is 5.32 Å². The summed E-state index contributed by atoms with van der Waals surface area (Å²) < 4.78 is 14.6. The molecule has 3 rings (SSSR count). The van der Waals surface area contributed by atoms with Gasteiger partial charge in [-0.3, -0.25) is 4.79 Å². The smallest absolute Gasteiger partial charge is 0.257 e. The van der Waals surface area contributed by atoms with Crippen LogP contribution in [0.3, 0.4) is 0 Å². The van der Waals surface area contributed by atoms with Gasteiger partial charge in [0.2, 0.25) is 0 Å². The fourth-order valence-electron chi connectivity index (χ4n) is 2.24. The number of carbonyl (C=O) groups excluding carboxylic acids is 1. The molecule has 2 heterocycles. The SMILES string of the molecule is Cc1cc(C)n(-c2ccc(C(=O)Nc3ccc(F)cc3)cn2)n1. The fraction of sp³-hybridized carbons (Fsp3) is 0.118. The molecule has 0 aliphatic heterocycles. The van der Waals surface area contributed by atoms with Crippen molar-refractivity contribution in [2.75, 3.05) is 5.32 Å². The molecule has 1 N–H and O–H groups in total. The number of anilines is 1. The summed E-state index contributed by atoms with van der Waals surface area (Å²) in [6, 6.07) is 11.0. The molecule has 0 radical (unpaired) electrons. The van der Waals surface area contributed by atoms with Gasteiger partial charge in [-0.1, -0.05) is 0 Å². The lowest BCUT2D eigenvalue weighted by molar-refractivity contribution is 0.102. The second-order valence-corrected chi connectivity index (χ2v) is 5.20. The molecule has 1 aromatic carbocycles. The number of rotatable bonds is 3. The van der Waals surface area contributed by atoms with Crippen LogP contribution in [0.4, 0.5) is 10.1 Å². The average Bonchev–Trinajstić information content (AvgIpc) is 2.88. The highest BCUT2D eigenvalue weighted by atomic mass is 19.1. The molecular formula is C17H15FN4O. The number of amides is 1. The molecule has 0 aliphatic carbocycles. The number of aromatic nitrogens is 3. The molecule has 0 saturated carbocycles. The van der Waals surface area contributed by atoms with E-state index in [0.29, 0.717) is 17.1 Å². The largest absolute Gasteiger partial charge is 0.322 e. The predicted molar refractivity (Wildman–Crippen MR) is 85.2 cm³/mol. The van der Waals surface area contributed by atoms with Crippen LogP contribution in [0.5, 0.6) is 0 Å². The van der Waals surface area contributed by atoms with E-state index in [1.54, 1.807) is 16.8 Å². The molecule has 1 amide bonds. The monoisotopic (exact) mass is 310 g/mol. The van der Waals surface area contributed by atoms with Gasteiger partial charge in [-0.15, -0.1) is 0 Å². The molecule has 0 fully saturated rings. The fourth-order valence-corrected chi connectivity index (χ4v) is 2.24. The molecule has 2 aromatic heterocycles. The van der Waals surface area contributed by atoms with Crippen molar-refractivity contribution in [1.82, 2.24) is 14.8 Å². The van der Waals surface area contributed by atoms with Crippen LogP contribution in [0.25, 0.3) is 5.82 Å². The number of benzene rings is 1. The topological polar surface area (TPSA) is 59.8 Å². The van der Waals surface area contributed by atoms with Gasteiger partial charge < -0.3 is 5.32 Å². The van der Waals surface area contributed by atoms with Crippen molar-refractivity contribution in [1.29, 1.82) is 0 Å². The Bertz CT molecular complexity index is 838. The summed E-state index contributed by atoms with van der Waals surface area (Å²) in [6.45, 7) is 3.85. The van der Waals surface area contributed by atoms with Gasteiger partial charge in [-0.2, -0.15) is 5.10 Å². The van der Waals surface area contributed by atoms with Crippen LogP contribution in [0.15, 0.2) is 48.7 Å². The first-order chi connectivity index (χ1) is 11.0. The standard InChI is InChI=1S/C17H15FN4O/c1-11-9-12(2)22(21-11)16-8-3-13(10-19-16)17(23)20-15-6-4-14(18)5-7-15/h3-10H,1-2H3,(H,20,23). The molecule has 0 saturated heterocycles. The van der Waals surface area contributed by atoms with Gasteiger partial charge in [0, 0.05) is 17.6 Å². The first-order valence-electron chi connectivity index (χ1n) is 7.09. The van der Waals surface area contributed by atoms with Gasteiger partial charge in [0.1, 0.15) is 5.82 Å². The molecule has 0 spiro atoms. The maximum Gasteiger partial charge on any atom is 0.257 e. The number of hydrogen-bond acceptors (Lipinski definition) is 3. The molecule has 5 nitrogen and oxygen atoms in total. The number of nitrogens with one attached hydrogen (secondary N) is 1. The summed E-state index contributed by atoms with van der Waals surface area (Å²) in [7, 11) is 0. The average molecular weight is 310 g/mol. The van der Waals surface area contributed by atoms with Crippen molar-refractivity contribution in [2.45, 2.75) is 13.8 Å². The van der Waals surface area contributed by atoms with E-state index in [2.05, 4.69) is 15.4 Å². The number of carbonyl (C=O) groups is 1. The van der Waals surface area contributed by atoms with E-state index >= 15 is 0 Å². The highest BCUT2D eigenvalue weighted by Crippen LogP contribution is 2.13. The van der Waals surface area contributed by atoms with Crippen molar-refractivity contribution < 1.29 is 9.18 Å². The molecule has 0 atom stereocenters. The molecule has 0 unspecified atom stereocenters. The van der Waals surface area contributed by atoms with Crippen molar-refractivity contribution in [2.24, 2.45) is 0 Å². The predicted octanol–water partition coefficient (Wildman–Crippen LogP) is 3.28. The van der Waals surface area contributed by atoms with Crippen LogP contribution in [-0.2, 0) is 0 Å². The molecule has 0 aliphatic rings. The molecule has 0 bridgehead atoms. The van der Waals surface area contributed by atoms with Crippen molar-refractivity contribution in [3.05, 3.63) is 71.4 Å². The first kappa shape index (κ1) is 14.9. The van der Waals surface area contributed by atoms with Crippen LogP contribution in [0.2, 0.25) is 0 Å². The third-order valence-electron chi connectivity index (χ3n) is 3.34. The summed E-state index contributed by atoms with van der Waals surface area (Å²) in [5, 5.41) is 7.04. The van der Waals surface area contributed by atoms with E-state index in [0.717, 1.165) is 11.4 Å². The highest BCUT2D eigenvalue weighted by molar-refractivity contribution is 6.04. The Labute approximate surface area is 132 Å². The number of nitrogens with zero attached hydrogens (tertiary/aromatic N) is 3. The summed E-state index contributed by atoms with van der Waals surface area (Å²) >= 11 is 0. The Morgan fingerprint density at radius 3 is 2.43 bits per heavy atom. The molecular weight excluding hydrogens is 295 g/mol. The maximum absolute atomic E-state index is 12.9. The van der Waals surface area contributed by atoms with Gasteiger partial charge in [0.05, 0.1) is 11.3 Å². The minimum Gasteiger partial charge on any atom is -0.322 e. The van der Waals surface area contributed by atoms with Crippen LogP contribution in [0.1, 0.15) is 21.7 Å². The minimum atomic E-state index is -0.348. The van der Waals surface area contributed by atoms with E-state index in [9.17, 15) is 9.18 Å². The van der Waals surface area contributed by atoms with Crippen LogP contribution in [0, 0.1) is 19.7 Å². The molecule has 6 heteroatoms. The number of halogens is 1. The van der Waals surface area contributed by atoms with Gasteiger partial charge in [-0.25, -0.2) is 14.1 Å².